The Morgan fingerprint density at radius 1 is 0.905 bits per heavy atom. The number of phenolic OH excluding ortho intramolecular Hbond substituents is 1. The molecule has 4 aromatic carbocycles. The Kier molecular flexibility index (Phi) is 21.2. The SMILES string of the molecule is C=CC(=O)N1CCN(c2nc(NC(=O)N(C)CCOCCOCCOCCOCC(=O)NC(C(=O)N3C[C@H](O)C[C@H]3C(=O)N[C@@H](C)c3ccc(-c4scnc4C)cc3)C(C)(C)C)nc3c(F)c(-c4cc(O)cc5ccccc45)c(Cl)cc23)CC1. The van der Waals surface area contributed by atoms with Crippen molar-refractivity contribution in [2.24, 2.45) is 5.41 Å². The number of fused-ring (bicyclic) bond motifs is 2. The molecule has 4 heterocycles. The number of likely N-dealkylation sites (tertiary alicyclic amines) is 1. The number of piperazine rings is 1. The van der Waals surface area contributed by atoms with Crippen molar-refractivity contribution in [2.45, 2.75) is 65.3 Å². The molecule has 0 spiro atoms. The Labute approximate surface area is 496 Å². The summed E-state index contributed by atoms with van der Waals surface area (Å²) in [5, 5.41) is 31.4. The maximum atomic E-state index is 17.0. The molecule has 0 radical (unpaired) electrons. The van der Waals surface area contributed by atoms with Gasteiger partial charge in [-0.2, -0.15) is 4.98 Å². The number of aromatic nitrogens is 3. The average Bonchev–Trinajstić information content (AvgIpc) is 2.52. The minimum absolute atomic E-state index is 0.0191. The number of halogens is 2. The molecule has 6 amide bonds. The lowest BCUT2D eigenvalue weighted by Crippen LogP contribution is -2.58. The van der Waals surface area contributed by atoms with Gasteiger partial charge in [-0.15, -0.1) is 11.3 Å². The van der Waals surface area contributed by atoms with Crippen LogP contribution in [0.2, 0.25) is 5.02 Å². The number of thiazole rings is 1. The van der Waals surface area contributed by atoms with Crippen molar-refractivity contribution in [2.75, 3.05) is 109 Å². The fourth-order valence-electron chi connectivity index (χ4n) is 10.0. The lowest BCUT2D eigenvalue weighted by Gasteiger charge is -2.35. The Hall–Kier alpha value is -7.38. The van der Waals surface area contributed by atoms with E-state index in [1.807, 2.05) is 69.9 Å². The number of nitrogens with zero attached hydrogens (tertiary/aromatic N) is 7. The number of urea groups is 1. The second kappa shape index (κ2) is 28.5. The van der Waals surface area contributed by atoms with Gasteiger partial charge in [-0.1, -0.05) is 87.5 Å². The molecule has 448 valence electrons. The zero-order chi connectivity index (χ0) is 60.2. The van der Waals surface area contributed by atoms with E-state index < -0.39 is 53.2 Å². The van der Waals surface area contributed by atoms with E-state index in [1.54, 1.807) is 59.1 Å². The van der Waals surface area contributed by atoms with Crippen molar-refractivity contribution < 1.29 is 57.5 Å². The van der Waals surface area contributed by atoms with E-state index in [9.17, 15) is 34.2 Å². The highest BCUT2D eigenvalue weighted by Gasteiger charge is 2.45. The normalized spacial score (nSPS) is 16.2. The molecule has 5 N–H and O–H groups in total. The Balaban J connectivity index is 0.740. The van der Waals surface area contributed by atoms with Gasteiger partial charge in [-0.3, -0.25) is 24.5 Å². The van der Waals surface area contributed by atoms with Gasteiger partial charge < -0.3 is 59.4 Å². The number of likely N-dealkylation sites (N-methyl/N-ethyl adjacent to an activating group) is 1. The van der Waals surface area contributed by atoms with Gasteiger partial charge in [-0.25, -0.2) is 19.2 Å². The third-order valence-electron chi connectivity index (χ3n) is 14.6. The molecular weight excluding hydrogens is 1120 g/mol. The van der Waals surface area contributed by atoms with E-state index >= 15 is 4.39 Å². The van der Waals surface area contributed by atoms with Crippen LogP contribution in [0.4, 0.5) is 21.0 Å². The third kappa shape index (κ3) is 15.5. The van der Waals surface area contributed by atoms with Gasteiger partial charge in [0.15, 0.2) is 5.82 Å². The first-order chi connectivity index (χ1) is 40.2. The van der Waals surface area contributed by atoms with Crippen molar-refractivity contribution in [3.63, 3.8) is 0 Å². The predicted molar refractivity (Wildman–Crippen MR) is 319 cm³/mol. The summed E-state index contributed by atoms with van der Waals surface area (Å²) in [7, 11) is 1.56. The lowest BCUT2D eigenvalue weighted by atomic mass is 9.85. The molecule has 84 heavy (non-hydrogen) atoms. The Morgan fingerprint density at radius 3 is 2.23 bits per heavy atom. The van der Waals surface area contributed by atoms with Crippen LogP contribution in [0, 0.1) is 18.2 Å². The van der Waals surface area contributed by atoms with Crippen LogP contribution in [0.25, 0.3) is 43.2 Å². The first-order valence-electron chi connectivity index (χ1n) is 27.7. The minimum atomic E-state index is -1.01. The third-order valence-corrected chi connectivity index (χ3v) is 15.9. The first-order valence-corrected chi connectivity index (χ1v) is 29.0. The van der Waals surface area contributed by atoms with Crippen molar-refractivity contribution in [3.8, 4) is 27.3 Å². The second-order valence-corrected chi connectivity index (χ2v) is 22.9. The topological polar surface area (TPSA) is 250 Å². The van der Waals surface area contributed by atoms with Crippen LogP contribution in [0.5, 0.6) is 5.75 Å². The largest absolute Gasteiger partial charge is 0.508 e. The number of nitrogens with one attached hydrogen (secondary N) is 3. The van der Waals surface area contributed by atoms with Crippen LogP contribution < -0.4 is 20.9 Å². The summed E-state index contributed by atoms with van der Waals surface area (Å²) >= 11 is 8.43. The van der Waals surface area contributed by atoms with Crippen molar-refractivity contribution in [1.82, 2.24) is 40.3 Å². The van der Waals surface area contributed by atoms with E-state index in [2.05, 4.69) is 37.5 Å². The zero-order valence-electron chi connectivity index (χ0n) is 48.0. The minimum Gasteiger partial charge on any atom is -0.508 e. The number of hydrogen-bond acceptors (Lipinski definition) is 16. The molecule has 0 aliphatic carbocycles. The molecule has 2 saturated heterocycles. The summed E-state index contributed by atoms with van der Waals surface area (Å²) < 4.78 is 39.5. The highest BCUT2D eigenvalue weighted by atomic mass is 35.5. The number of phenols is 1. The molecular formula is C60H72ClFN10O11S. The smallest absolute Gasteiger partial charge is 0.324 e. The van der Waals surface area contributed by atoms with Crippen LogP contribution in [-0.2, 0) is 38.1 Å². The van der Waals surface area contributed by atoms with Gasteiger partial charge in [0.2, 0.25) is 29.6 Å². The van der Waals surface area contributed by atoms with Gasteiger partial charge in [0.25, 0.3) is 0 Å². The number of aryl methyl sites for hydroxylation is 1. The average molecular weight is 1200 g/mol. The number of benzene rings is 4. The molecule has 2 fully saturated rings. The van der Waals surface area contributed by atoms with E-state index in [-0.39, 0.29) is 112 Å². The summed E-state index contributed by atoms with van der Waals surface area (Å²) in [6.45, 7) is 15.4. The van der Waals surface area contributed by atoms with E-state index in [1.165, 1.54) is 21.9 Å². The fourth-order valence-corrected chi connectivity index (χ4v) is 11.1. The Bertz CT molecular complexity index is 3340. The van der Waals surface area contributed by atoms with Crippen LogP contribution in [0.15, 0.2) is 84.9 Å². The van der Waals surface area contributed by atoms with Gasteiger partial charge >= 0.3 is 6.03 Å². The van der Waals surface area contributed by atoms with E-state index in [0.717, 1.165) is 21.7 Å². The number of β-amino-alcohol motifs (C(OH)–C–C–N with tert-alkyl or cyclic N) is 1. The molecule has 2 aliphatic rings. The number of aromatic hydroxyl groups is 1. The van der Waals surface area contributed by atoms with E-state index in [0.29, 0.717) is 53.7 Å². The first kappa shape index (κ1) is 62.7. The number of carbonyl (C=O) groups excluding carboxylic acids is 5. The van der Waals surface area contributed by atoms with Crippen LogP contribution >= 0.6 is 22.9 Å². The number of aliphatic hydroxyl groups is 1. The number of anilines is 2. The van der Waals surface area contributed by atoms with Gasteiger partial charge in [0.05, 0.1) is 79.5 Å². The number of hydrogen-bond donors (Lipinski definition) is 5. The van der Waals surface area contributed by atoms with E-state index in [4.69, 9.17) is 30.5 Å². The van der Waals surface area contributed by atoms with Crippen molar-refractivity contribution in [1.29, 1.82) is 0 Å². The van der Waals surface area contributed by atoms with Gasteiger partial charge in [0.1, 0.15) is 35.8 Å². The number of rotatable bonds is 24. The molecule has 2 aliphatic heterocycles. The van der Waals surface area contributed by atoms with Gasteiger partial charge in [-0.05, 0) is 71.0 Å². The maximum absolute atomic E-state index is 17.0. The lowest BCUT2D eigenvalue weighted by molar-refractivity contribution is -0.144. The maximum Gasteiger partial charge on any atom is 0.324 e. The molecule has 6 aromatic rings. The molecule has 1 unspecified atom stereocenters. The molecule has 4 atom stereocenters. The van der Waals surface area contributed by atoms with Crippen LogP contribution in [0.1, 0.15) is 51.4 Å². The number of aliphatic hydroxyl groups excluding tert-OH is 1. The summed E-state index contributed by atoms with van der Waals surface area (Å²) in [5.41, 5.74) is 4.18. The molecule has 2 aromatic heterocycles. The van der Waals surface area contributed by atoms with Crippen LogP contribution in [-0.4, -0.2) is 187 Å². The number of ether oxygens (including phenoxy) is 4. The highest BCUT2D eigenvalue weighted by Crippen LogP contribution is 2.42. The number of carbonyl (C=O) groups is 5. The fraction of sp³-hybridized carbons (Fsp3) is 0.433. The summed E-state index contributed by atoms with van der Waals surface area (Å²) in [6.07, 6.45) is 0.402. The molecule has 0 saturated carbocycles. The standard InChI is InChI=1S/C60H72ClFN10O11S/c1-8-49(76)70-17-19-71(20-18-70)55-45-32-46(61)50(44-30-41(73)29-40-11-9-10-12-43(40)44)51(62)52(45)66-58(67-55)68-59(79)69(7)21-22-80-23-24-81-25-26-82-27-28-83-34-48(75)65-54(60(4,5)6)57(78)72-33-42(74)31-47(72)56(77)64-36(2)38-13-15-39(16-14-38)53-37(3)63-35-84-53/h8-16,29-30,32,35-36,42,47,54,73-74H,1,17-28,31,33-34H2,2-7H3,(H,64,77)(H,65,75)(H,66,67,68,79)/t36-,42+,47-,54?/m0/s1. The predicted octanol–water partition coefficient (Wildman–Crippen LogP) is 7.11. The Morgan fingerprint density at radius 2 is 1.57 bits per heavy atom. The second-order valence-electron chi connectivity index (χ2n) is 21.7. The monoisotopic (exact) mass is 1190 g/mol. The molecule has 8 rings (SSSR count). The number of amides is 6. The zero-order valence-corrected chi connectivity index (χ0v) is 49.6. The molecule has 24 heteroatoms. The quantitative estimate of drug-likeness (QED) is 0.0299. The summed E-state index contributed by atoms with van der Waals surface area (Å²) in [6, 6.07) is 16.8. The highest BCUT2D eigenvalue weighted by molar-refractivity contribution is 7.13. The van der Waals surface area contributed by atoms with Crippen molar-refractivity contribution in [3.05, 3.63) is 107 Å². The van der Waals surface area contributed by atoms with Crippen LogP contribution in [0.3, 0.4) is 0 Å². The summed E-state index contributed by atoms with van der Waals surface area (Å²) in [5.74, 6) is -2.32. The summed E-state index contributed by atoms with van der Waals surface area (Å²) in [4.78, 5) is 87.5. The van der Waals surface area contributed by atoms with Crippen molar-refractivity contribution >= 4 is 86.0 Å². The molecule has 0 bridgehead atoms. The van der Waals surface area contributed by atoms with Gasteiger partial charge in [0, 0.05) is 63.7 Å². The molecule has 21 nitrogen and oxygen atoms in total.